The maximum absolute atomic E-state index is 5.75. The Morgan fingerprint density at radius 1 is 0.941 bits per heavy atom. The molecule has 1 fully saturated rings. The van der Waals surface area contributed by atoms with Crippen LogP contribution in [-0.4, -0.2) is 48.4 Å². The molecular weight excluding hydrogens is 255 g/mol. The van der Waals surface area contributed by atoms with Crippen molar-refractivity contribution in [2.45, 2.75) is 6.54 Å². The topological polar surface area (TPSA) is 6.48 Å². The van der Waals surface area contributed by atoms with Gasteiger partial charge in [0.15, 0.2) is 0 Å². The van der Waals surface area contributed by atoms with Crippen LogP contribution >= 0.6 is 24.0 Å². The Labute approximate surface area is 115 Å². The molecule has 1 aliphatic rings. The van der Waals surface area contributed by atoms with Crippen molar-refractivity contribution < 1.29 is 0 Å². The summed E-state index contributed by atoms with van der Waals surface area (Å²) in [4.78, 5) is 4.95. The summed E-state index contributed by atoms with van der Waals surface area (Å²) in [7, 11) is 0. The molecule has 0 unspecified atom stereocenters. The zero-order valence-corrected chi connectivity index (χ0v) is 11.6. The van der Waals surface area contributed by atoms with Gasteiger partial charge < -0.3 is 0 Å². The third-order valence-corrected chi connectivity index (χ3v) is 3.28. The Morgan fingerprint density at radius 3 is 2.12 bits per heavy atom. The Kier molecular flexibility index (Phi) is 6.90. The van der Waals surface area contributed by atoms with Crippen LogP contribution in [-0.2, 0) is 6.54 Å². The lowest BCUT2D eigenvalue weighted by Crippen LogP contribution is -2.46. The van der Waals surface area contributed by atoms with E-state index in [1.54, 1.807) is 0 Å². The normalized spacial score (nSPS) is 17.7. The SMILES string of the molecule is Cl.ClCCN1CCN(Cc2ccccc2)CC1. The van der Waals surface area contributed by atoms with Crippen molar-refractivity contribution >= 4 is 24.0 Å². The molecule has 0 bridgehead atoms. The van der Waals surface area contributed by atoms with E-state index in [4.69, 9.17) is 11.6 Å². The van der Waals surface area contributed by atoms with Crippen LogP contribution in [0.3, 0.4) is 0 Å². The molecule has 0 aromatic heterocycles. The monoisotopic (exact) mass is 274 g/mol. The summed E-state index contributed by atoms with van der Waals surface area (Å²) in [5.74, 6) is 0.749. The van der Waals surface area contributed by atoms with Crippen LogP contribution in [0.25, 0.3) is 0 Å². The number of alkyl halides is 1. The van der Waals surface area contributed by atoms with E-state index in [1.807, 2.05) is 0 Å². The molecule has 2 rings (SSSR count). The number of halogens is 2. The van der Waals surface area contributed by atoms with E-state index in [9.17, 15) is 0 Å². The van der Waals surface area contributed by atoms with Crippen LogP contribution in [0.15, 0.2) is 30.3 Å². The molecule has 0 saturated carbocycles. The number of nitrogens with zero attached hydrogens (tertiary/aromatic N) is 2. The van der Waals surface area contributed by atoms with Crippen molar-refractivity contribution in [2.24, 2.45) is 0 Å². The summed E-state index contributed by atoms with van der Waals surface area (Å²) in [6.07, 6.45) is 0. The lowest BCUT2D eigenvalue weighted by Gasteiger charge is -2.34. The first-order chi connectivity index (χ1) is 7.88. The molecule has 0 atom stereocenters. The molecule has 96 valence electrons. The summed E-state index contributed by atoms with van der Waals surface area (Å²) in [6.45, 7) is 6.73. The van der Waals surface area contributed by atoms with Gasteiger partial charge in [-0.3, -0.25) is 9.80 Å². The van der Waals surface area contributed by atoms with Gasteiger partial charge in [0, 0.05) is 45.1 Å². The molecule has 1 saturated heterocycles. The lowest BCUT2D eigenvalue weighted by molar-refractivity contribution is 0.132. The van der Waals surface area contributed by atoms with E-state index in [0.717, 1.165) is 45.1 Å². The van der Waals surface area contributed by atoms with Gasteiger partial charge in [0.1, 0.15) is 0 Å². The summed E-state index contributed by atoms with van der Waals surface area (Å²) in [5.41, 5.74) is 1.41. The van der Waals surface area contributed by atoms with Crippen molar-refractivity contribution in [3.8, 4) is 0 Å². The van der Waals surface area contributed by atoms with Gasteiger partial charge >= 0.3 is 0 Å². The fourth-order valence-corrected chi connectivity index (χ4v) is 2.37. The Hall–Kier alpha value is -0.280. The van der Waals surface area contributed by atoms with Crippen molar-refractivity contribution in [2.75, 3.05) is 38.6 Å². The Balaban J connectivity index is 0.00000144. The minimum Gasteiger partial charge on any atom is -0.300 e. The van der Waals surface area contributed by atoms with Crippen LogP contribution in [0.4, 0.5) is 0 Å². The second kappa shape index (κ2) is 7.93. The van der Waals surface area contributed by atoms with E-state index in [-0.39, 0.29) is 12.4 Å². The van der Waals surface area contributed by atoms with E-state index in [1.165, 1.54) is 5.56 Å². The van der Waals surface area contributed by atoms with E-state index in [2.05, 4.69) is 40.1 Å². The van der Waals surface area contributed by atoms with Gasteiger partial charge in [0.05, 0.1) is 0 Å². The molecular formula is C13H20Cl2N2. The van der Waals surface area contributed by atoms with E-state index < -0.39 is 0 Å². The number of piperazine rings is 1. The number of hydrogen-bond donors (Lipinski definition) is 0. The van der Waals surface area contributed by atoms with E-state index >= 15 is 0 Å². The largest absolute Gasteiger partial charge is 0.300 e. The molecule has 0 spiro atoms. The van der Waals surface area contributed by atoms with Crippen LogP contribution < -0.4 is 0 Å². The number of benzene rings is 1. The molecule has 1 heterocycles. The van der Waals surface area contributed by atoms with Crippen molar-refractivity contribution in [1.82, 2.24) is 9.80 Å². The van der Waals surface area contributed by atoms with Gasteiger partial charge in [-0.2, -0.15) is 0 Å². The molecule has 2 nitrogen and oxygen atoms in total. The van der Waals surface area contributed by atoms with Crippen molar-refractivity contribution in [1.29, 1.82) is 0 Å². The van der Waals surface area contributed by atoms with Crippen LogP contribution in [0.2, 0.25) is 0 Å². The first-order valence-corrected chi connectivity index (χ1v) is 6.46. The fraction of sp³-hybridized carbons (Fsp3) is 0.538. The average molecular weight is 275 g/mol. The molecule has 0 radical (unpaired) electrons. The van der Waals surface area contributed by atoms with Crippen LogP contribution in [0.1, 0.15) is 5.56 Å². The van der Waals surface area contributed by atoms with E-state index in [0.29, 0.717) is 0 Å². The quantitative estimate of drug-likeness (QED) is 0.779. The van der Waals surface area contributed by atoms with Gasteiger partial charge in [0.25, 0.3) is 0 Å². The molecule has 0 N–H and O–H groups in total. The van der Waals surface area contributed by atoms with Gasteiger partial charge in [-0.15, -0.1) is 24.0 Å². The highest BCUT2D eigenvalue weighted by Crippen LogP contribution is 2.08. The molecule has 1 aromatic rings. The summed E-state index contributed by atoms with van der Waals surface area (Å²) in [6, 6.07) is 10.7. The minimum atomic E-state index is 0. The molecule has 17 heavy (non-hydrogen) atoms. The third kappa shape index (κ3) is 4.84. The number of hydrogen-bond acceptors (Lipinski definition) is 2. The van der Waals surface area contributed by atoms with Gasteiger partial charge in [-0.1, -0.05) is 30.3 Å². The highest BCUT2D eigenvalue weighted by Gasteiger charge is 2.15. The smallest absolute Gasteiger partial charge is 0.0351 e. The maximum atomic E-state index is 5.75. The average Bonchev–Trinajstić information content (AvgIpc) is 2.33. The molecule has 4 heteroatoms. The molecule has 0 aliphatic carbocycles. The first kappa shape index (κ1) is 14.8. The summed E-state index contributed by atoms with van der Waals surface area (Å²) >= 11 is 5.75. The second-order valence-electron chi connectivity index (χ2n) is 4.29. The molecule has 1 aromatic carbocycles. The molecule has 1 aliphatic heterocycles. The van der Waals surface area contributed by atoms with Crippen LogP contribution in [0, 0.1) is 0 Å². The lowest BCUT2D eigenvalue weighted by atomic mass is 10.2. The second-order valence-corrected chi connectivity index (χ2v) is 4.67. The maximum Gasteiger partial charge on any atom is 0.0351 e. The van der Waals surface area contributed by atoms with Crippen molar-refractivity contribution in [3.63, 3.8) is 0 Å². The van der Waals surface area contributed by atoms with Gasteiger partial charge in [-0.25, -0.2) is 0 Å². The highest BCUT2D eigenvalue weighted by molar-refractivity contribution is 6.18. The van der Waals surface area contributed by atoms with Crippen molar-refractivity contribution in [3.05, 3.63) is 35.9 Å². The first-order valence-electron chi connectivity index (χ1n) is 5.93. The minimum absolute atomic E-state index is 0. The fourth-order valence-electron chi connectivity index (χ4n) is 2.13. The van der Waals surface area contributed by atoms with Gasteiger partial charge in [0.2, 0.25) is 0 Å². The van der Waals surface area contributed by atoms with Crippen LogP contribution in [0.5, 0.6) is 0 Å². The predicted molar refractivity (Wildman–Crippen MR) is 76.1 cm³/mol. The highest BCUT2D eigenvalue weighted by atomic mass is 35.5. The van der Waals surface area contributed by atoms with Gasteiger partial charge in [-0.05, 0) is 5.56 Å². The third-order valence-electron chi connectivity index (χ3n) is 3.11. The standard InChI is InChI=1S/C13H19ClN2.ClH/c14-6-7-15-8-10-16(11-9-15)12-13-4-2-1-3-5-13;/h1-5H,6-12H2;1H. The summed E-state index contributed by atoms with van der Waals surface area (Å²) in [5, 5.41) is 0. The Bertz CT molecular complexity index is 298. The number of rotatable bonds is 4. The summed E-state index contributed by atoms with van der Waals surface area (Å²) < 4.78 is 0. The zero-order chi connectivity index (χ0) is 11.2. The Morgan fingerprint density at radius 2 is 1.53 bits per heavy atom. The molecule has 0 amide bonds. The zero-order valence-electron chi connectivity index (χ0n) is 10.0. The predicted octanol–water partition coefficient (Wildman–Crippen LogP) is 2.46.